The first-order chi connectivity index (χ1) is 24.8. The van der Waals surface area contributed by atoms with Crippen LogP contribution in [0.15, 0.2) is 170 Å². The quantitative estimate of drug-likeness (QED) is 0.185. The SMILES string of the molecule is c1ccc(-c2ccc(-c3nc(-c4ccc(-c5ccccc5)cc4)nc(-n4c5ccccc5c5c6sc7ccccc7c6ccc54)n3)cc2)cc1. The van der Waals surface area contributed by atoms with Crippen LogP contribution in [0.25, 0.3) is 93.0 Å². The molecule has 0 bridgehead atoms. The molecule has 0 unspecified atom stereocenters. The summed E-state index contributed by atoms with van der Waals surface area (Å²) in [6.45, 7) is 0. The normalized spacial score (nSPS) is 11.6. The van der Waals surface area contributed by atoms with Crippen LogP contribution in [0.3, 0.4) is 0 Å². The summed E-state index contributed by atoms with van der Waals surface area (Å²) in [4.78, 5) is 15.5. The Kier molecular flexibility index (Phi) is 6.64. The van der Waals surface area contributed by atoms with Crippen LogP contribution in [0, 0.1) is 0 Å². The molecule has 0 amide bonds. The van der Waals surface area contributed by atoms with E-state index in [9.17, 15) is 0 Å². The second kappa shape index (κ2) is 11.6. The van der Waals surface area contributed by atoms with Gasteiger partial charge in [0.1, 0.15) is 0 Å². The van der Waals surface area contributed by atoms with E-state index >= 15 is 0 Å². The van der Waals surface area contributed by atoms with Gasteiger partial charge in [-0.1, -0.05) is 152 Å². The third-order valence-corrected chi connectivity index (χ3v) is 10.7. The van der Waals surface area contributed by atoms with Gasteiger partial charge < -0.3 is 0 Å². The van der Waals surface area contributed by atoms with Crippen LogP contribution in [-0.4, -0.2) is 19.5 Å². The lowest BCUT2D eigenvalue weighted by atomic mass is 10.0. The number of hydrogen-bond acceptors (Lipinski definition) is 4. The van der Waals surface area contributed by atoms with Gasteiger partial charge in [0.05, 0.1) is 11.0 Å². The van der Waals surface area contributed by atoms with Gasteiger partial charge in [-0.05, 0) is 40.5 Å². The topological polar surface area (TPSA) is 43.6 Å². The van der Waals surface area contributed by atoms with E-state index in [4.69, 9.17) is 15.0 Å². The van der Waals surface area contributed by atoms with E-state index in [0.717, 1.165) is 33.3 Å². The fourth-order valence-electron chi connectivity index (χ4n) is 7.06. The number of hydrogen-bond donors (Lipinski definition) is 0. The second-order valence-corrected chi connectivity index (χ2v) is 13.5. The third kappa shape index (κ3) is 4.71. The molecular formula is C45H28N4S. The lowest BCUT2D eigenvalue weighted by molar-refractivity contribution is 0.954. The minimum atomic E-state index is 0.593. The van der Waals surface area contributed by atoms with Crippen molar-refractivity contribution >= 4 is 53.3 Å². The molecule has 10 rings (SSSR count). The van der Waals surface area contributed by atoms with Gasteiger partial charge in [0.25, 0.3) is 0 Å². The molecule has 0 fully saturated rings. The number of para-hydroxylation sites is 1. The fourth-order valence-corrected chi connectivity index (χ4v) is 8.32. The minimum absolute atomic E-state index is 0.593. The molecule has 5 heteroatoms. The molecular weight excluding hydrogens is 629 g/mol. The van der Waals surface area contributed by atoms with Crippen molar-refractivity contribution in [3.05, 3.63) is 170 Å². The Morgan fingerprint density at radius 1 is 0.360 bits per heavy atom. The fraction of sp³-hybridized carbons (Fsp3) is 0. The number of nitrogens with zero attached hydrogens (tertiary/aromatic N) is 4. The third-order valence-electron chi connectivity index (χ3n) is 9.50. The van der Waals surface area contributed by atoms with Crippen LogP contribution in [0.1, 0.15) is 0 Å². The highest BCUT2D eigenvalue weighted by Gasteiger charge is 2.20. The molecule has 234 valence electrons. The molecule has 10 aromatic rings. The van der Waals surface area contributed by atoms with Crippen molar-refractivity contribution in [1.29, 1.82) is 0 Å². The molecule has 7 aromatic carbocycles. The van der Waals surface area contributed by atoms with Gasteiger partial charge in [-0.15, -0.1) is 11.3 Å². The van der Waals surface area contributed by atoms with E-state index < -0.39 is 0 Å². The Morgan fingerprint density at radius 2 is 0.860 bits per heavy atom. The van der Waals surface area contributed by atoms with Crippen molar-refractivity contribution in [2.24, 2.45) is 0 Å². The molecule has 0 radical (unpaired) electrons. The Hall–Kier alpha value is -6.43. The number of thiophene rings is 1. The van der Waals surface area contributed by atoms with Crippen LogP contribution in [-0.2, 0) is 0 Å². The molecule has 0 spiro atoms. The number of fused-ring (bicyclic) bond motifs is 7. The lowest BCUT2D eigenvalue weighted by Crippen LogP contribution is -2.06. The van der Waals surface area contributed by atoms with Crippen LogP contribution in [0.5, 0.6) is 0 Å². The van der Waals surface area contributed by atoms with Crippen LogP contribution < -0.4 is 0 Å². The maximum Gasteiger partial charge on any atom is 0.238 e. The first-order valence-corrected chi connectivity index (χ1v) is 17.5. The molecule has 50 heavy (non-hydrogen) atoms. The number of benzene rings is 7. The highest BCUT2D eigenvalue weighted by atomic mass is 32.1. The minimum Gasteiger partial charge on any atom is -0.278 e. The molecule has 0 aliphatic rings. The largest absolute Gasteiger partial charge is 0.278 e. The van der Waals surface area contributed by atoms with Gasteiger partial charge in [0.2, 0.25) is 5.95 Å². The zero-order valence-electron chi connectivity index (χ0n) is 26.9. The highest BCUT2D eigenvalue weighted by Crippen LogP contribution is 2.43. The van der Waals surface area contributed by atoms with Gasteiger partial charge in [-0.2, -0.15) is 9.97 Å². The molecule has 0 atom stereocenters. The number of aromatic nitrogens is 4. The Bertz CT molecular complexity index is 2740. The summed E-state index contributed by atoms with van der Waals surface area (Å²) in [5.74, 6) is 1.85. The molecule has 3 heterocycles. The molecule has 4 nitrogen and oxygen atoms in total. The maximum absolute atomic E-state index is 5.21. The van der Waals surface area contributed by atoms with E-state index in [2.05, 4.69) is 162 Å². The van der Waals surface area contributed by atoms with E-state index in [0.29, 0.717) is 17.6 Å². The Balaban J connectivity index is 1.19. The molecule has 0 aliphatic carbocycles. The van der Waals surface area contributed by atoms with Gasteiger partial charge in [-0.3, -0.25) is 4.57 Å². The monoisotopic (exact) mass is 656 g/mol. The van der Waals surface area contributed by atoms with Crippen LogP contribution in [0.4, 0.5) is 0 Å². The summed E-state index contributed by atoms with van der Waals surface area (Å²) in [6, 6.07) is 59.6. The van der Waals surface area contributed by atoms with Crippen LogP contribution in [0.2, 0.25) is 0 Å². The van der Waals surface area contributed by atoms with Crippen molar-refractivity contribution in [3.8, 4) is 51.0 Å². The second-order valence-electron chi connectivity index (χ2n) is 12.5. The summed E-state index contributed by atoms with van der Waals surface area (Å²) in [5, 5.41) is 4.97. The summed E-state index contributed by atoms with van der Waals surface area (Å²) in [5.41, 5.74) is 8.65. The molecule has 0 saturated carbocycles. The molecule has 0 aliphatic heterocycles. The van der Waals surface area contributed by atoms with Gasteiger partial charge >= 0.3 is 0 Å². The lowest BCUT2D eigenvalue weighted by Gasteiger charge is -2.12. The predicted octanol–water partition coefficient (Wildman–Crippen LogP) is 12.0. The van der Waals surface area contributed by atoms with Crippen molar-refractivity contribution in [2.75, 3.05) is 0 Å². The van der Waals surface area contributed by atoms with E-state index in [1.165, 1.54) is 42.1 Å². The Morgan fingerprint density at radius 3 is 1.48 bits per heavy atom. The Labute approximate surface area is 292 Å². The molecule has 3 aromatic heterocycles. The predicted molar refractivity (Wildman–Crippen MR) is 209 cm³/mol. The highest BCUT2D eigenvalue weighted by molar-refractivity contribution is 7.26. The summed E-state index contributed by atoms with van der Waals surface area (Å²) in [7, 11) is 0. The average molecular weight is 657 g/mol. The van der Waals surface area contributed by atoms with Crippen molar-refractivity contribution in [3.63, 3.8) is 0 Å². The average Bonchev–Trinajstić information content (AvgIpc) is 3.74. The summed E-state index contributed by atoms with van der Waals surface area (Å²) in [6.07, 6.45) is 0. The van der Waals surface area contributed by atoms with Crippen LogP contribution >= 0.6 is 11.3 Å². The smallest absolute Gasteiger partial charge is 0.238 e. The summed E-state index contributed by atoms with van der Waals surface area (Å²) < 4.78 is 4.77. The van der Waals surface area contributed by atoms with Gasteiger partial charge in [0.15, 0.2) is 11.6 Å². The summed E-state index contributed by atoms with van der Waals surface area (Å²) >= 11 is 1.85. The standard InChI is InChI=1S/C45H28N4S/c1-3-11-29(12-4-1)31-19-23-33(24-20-31)43-46-44(34-25-21-32(22-26-34)30-13-5-2-6-14-30)48-45(47-43)49-38-17-9-7-16-37(38)41-39(49)28-27-36-35-15-8-10-18-40(35)50-42(36)41/h1-28H. The first kappa shape index (κ1) is 28.6. The van der Waals surface area contributed by atoms with Gasteiger partial charge in [0, 0.05) is 42.1 Å². The zero-order valence-corrected chi connectivity index (χ0v) is 27.7. The number of rotatable bonds is 5. The van der Waals surface area contributed by atoms with Crippen molar-refractivity contribution in [2.45, 2.75) is 0 Å². The van der Waals surface area contributed by atoms with Gasteiger partial charge in [-0.25, -0.2) is 4.98 Å². The maximum atomic E-state index is 5.21. The molecule has 0 saturated heterocycles. The first-order valence-electron chi connectivity index (χ1n) is 16.7. The van der Waals surface area contributed by atoms with Crippen molar-refractivity contribution < 1.29 is 0 Å². The molecule has 0 N–H and O–H groups in total. The zero-order chi connectivity index (χ0) is 33.0. The van der Waals surface area contributed by atoms with E-state index in [1.54, 1.807) is 0 Å². The van der Waals surface area contributed by atoms with E-state index in [1.807, 2.05) is 23.5 Å². The van der Waals surface area contributed by atoms with Crippen molar-refractivity contribution in [1.82, 2.24) is 19.5 Å². The van der Waals surface area contributed by atoms with E-state index in [-0.39, 0.29) is 0 Å².